The minimum absolute atomic E-state index is 0.192. The third kappa shape index (κ3) is 3.25. The average molecular weight is 264 g/mol. The SMILES string of the molecule is CCN(Cc1ccccn1)C(=O)CC1(CS)CC1. The molecule has 0 aromatic carbocycles. The highest BCUT2D eigenvalue weighted by molar-refractivity contribution is 7.80. The molecule has 1 aliphatic rings. The summed E-state index contributed by atoms with van der Waals surface area (Å²) in [4.78, 5) is 18.4. The summed E-state index contributed by atoms with van der Waals surface area (Å²) in [6, 6.07) is 5.81. The van der Waals surface area contributed by atoms with Gasteiger partial charge in [0.1, 0.15) is 0 Å². The molecule has 4 heteroatoms. The fourth-order valence-corrected chi connectivity index (χ4v) is 2.49. The van der Waals surface area contributed by atoms with E-state index in [1.807, 2.05) is 30.0 Å². The first-order valence-electron chi connectivity index (χ1n) is 6.48. The summed E-state index contributed by atoms with van der Waals surface area (Å²) < 4.78 is 0. The Bertz CT molecular complexity index is 404. The Labute approximate surface area is 114 Å². The van der Waals surface area contributed by atoms with Crippen LogP contribution in [0.2, 0.25) is 0 Å². The first kappa shape index (κ1) is 13.4. The van der Waals surface area contributed by atoms with Crippen LogP contribution in [-0.2, 0) is 11.3 Å². The van der Waals surface area contributed by atoms with Gasteiger partial charge in [-0.1, -0.05) is 6.07 Å². The molecule has 1 saturated carbocycles. The van der Waals surface area contributed by atoms with E-state index < -0.39 is 0 Å². The number of carbonyl (C=O) groups is 1. The van der Waals surface area contributed by atoms with E-state index in [1.165, 1.54) is 0 Å². The van der Waals surface area contributed by atoms with Crippen LogP contribution in [0.1, 0.15) is 31.9 Å². The molecule has 2 rings (SSSR count). The fourth-order valence-electron chi connectivity index (χ4n) is 2.06. The molecule has 0 bridgehead atoms. The Hall–Kier alpha value is -1.03. The van der Waals surface area contributed by atoms with E-state index in [2.05, 4.69) is 17.6 Å². The molecule has 18 heavy (non-hydrogen) atoms. The van der Waals surface area contributed by atoms with Gasteiger partial charge in [0.05, 0.1) is 12.2 Å². The Kier molecular flexibility index (Phi) is 4.27. The lowest BCUT2D eigenvalue weighted by molar-refractivity contribution is -0.132. The molecule has 0 radical (unpaired) electrons. The quantitative estimate of drug-likeness (QED) is 0.801. The summed E-state index contributed by atoms with van der Waals surface area (Å²) in [6.07, 6.45) is 4.69. The number of amides is 1. The van der Waals surface area contributed by atoms with Crippen molar-refractivity contribution >= 4 is 18.5 Å². The fraction of sp³-hybridized carbons (Fsp3) is 0.571. The van der Waals surface area contributed by atoms with Crippen molar-refractivity contribution in [2.75, 3.05) is 12.3 Å². The highest BCUT2D eigenvalue weighted by Gasteiger charge is 2.43. The minimum atomic E-state index is 0.192. The second-order valence-electron chi connectivity index (χ2n) is 5.06. The second-order valence-corrected chi connectivity index (χ2v) is 5.38. The van der Waals surface area contributed by atoms with Gasteiger partial charge in [-0.15, -0.1) is 0 Å². The highest BCUT2D eigenvalue weighted by atomic mass is 32.1. The number of hydrogen-bond donors (Lipinski definition) is 1. The van der Waals surface area contributed by atoms with E-state index in [0.29, 0.717) is 13.0 Å². The largest absolute Gasteiger partial charge is 0.337 e. The van der Waals surface area contributed by atoms with Crippen LogP contribution in [-0.4, -0.2) is 28.1 Å². The van der Waals surface area contributed by atoms with E-state index in [-0.39, 0.29) is 11.3 Å². The standard InChI is InChI=1S/C14H20N2OS/c1-2-16(10-12-5-3-4-8-15-12)13(17)9-14(11-18)6-7-14/h3-5,8,18H,2,6-7,9-11H2,1H3. The van der Waals surface area contributed by atoms with Crippen LogP contribution < -0.4 is 0 Å². The van der Waals surface area contributed by atoms with Gasteiger partial charge in [-0.3, -0.25) is 9.78 Å². The Balaban J connectivity index is 1.94. The second kappa shape index (κ2) is 5.74. The summed E-state index contributed by atoms with van der Waals surface area (Å²) in [5, 5.41) is 0. The van der Waals surface area contributed by atoms with E-state index >= 15 is 0 Å². The van der Waals surface area contributed by atoms with Crippen LogP contribution in [0.3, 0.4) is 0 Å². The van der Waals surface area contributed by atoms with Gasteiger partial charge >= 0.3 is 0 Å². The number of nitrogens with zero attached hydrogens (tertiary/aromatic N) is 2. The van der Waals surface area contributed by atoms with Gasteiger partial charge in [-0.05, 0) is 43.1 Å². The monoisotopic (exact) mass is 264 g/mol. The van der Waals surface area contributed by atoms with E-state index in [0.717, 1.165) is 30.8 Å². The van der Waals surface area contributed by atoms with Crippen LogP contribution in [0, 0.1) is 5.41 Å². The van der Waals surface area contributed by atoms with Crippen molar-refractivity contribution in [1.29, 1.82) is 0 Å². The molecular formula is C14H20N2OS. The number of carbonyl (C=O) groups excluding carboxylic acids is 1. The van der Waals surface area contributed by atoms with Crippen molar-refractivity contribution in [1.82, 2.24) is 9.88 Å². The third-order valence-electron chi connectivity index (χ3n) is 3.63. The Morgan fingerprint density at radius 1 is 1.50 bits per heavy atom. The van der Waals surface area contributed by atoms with Crippen molar-refractivity contribution in [2.45, 2.75) is 32.7 Å². The summed E-state index contributed by atoms with van der Waals surface area (Å²) >= 11 is 4.35. The molecule has 1 aromatic heterocycles. The van der Waals surface area contributed by atoms with E-state index in [1.54, 1.807) is 6.20 Å². The number of hydrogen-bond acceptors (Lipinski definition) is 3. The van der Waals surface area contributed by atoms with Gasteiger partial charge in [-0.25, -0.2) is 0 Å². The van der Waals surface area contributed by atoms with Crippen LogP contribution >= 0.6 is 12.6 Å². The first-order chi connectivity index (χ1) is 8.69. The molecule has 3 nitrogen and oxygen atoms in total. The van der Waals surface area contributed by atoms with Gasteiger partial charge in [0.15, 0.2) is 0 Å². The predicted molar refractivity (Wildman–Crippen MR) is 75.5 cm³/mol. The van der Waals surface area contributed by atoms with Crippen LogP contribution in [0.5, 0.6) is 0 Å². The lowest BCUT2D eigenvalue weighted by atomic mass is 10.0. The minimum Gasteiger partial charge on any atom is -0.337 e. The predicted octanol–water partition coefficient (Wildman–Crippen LogP) is 2.53. The topological polar surface area (TPSA) is 33.2 Å². The maximum absolute atomic E-state index is 12.3. The lowest BCUT2D eigenvalue weighted by Crippen LogP contribution is -2.32. The maximum Gasteiger partial charge on any atom is 0.223 e. The maximum atomic E-state index is 12.3. The van der Waals surface area contributed by atoms with Gasteiger partial charge < -0.3 is 4.90 Å². The zero-order valence-electron chi connectivity index (χ0n) is 10.8. The third-order valence-corrected chi connectivity index (χ3v) is 4.30. The molecule has 1 aromatic rings. The normalized spacial score (nSPS) is 16.3. The van der Waals surface area contributed by atoms with Gasteiger partial charge in [0.25, 0.3) is 0 Å². The molecule has 1 amide bonds. The summed E-state index contributed by atoms with van der Waals surface area (Å²) in [7, 11) is 0. The van der Waals surface area contributed by atoms with Crippen LogP contribution in [0.25, 0.3) is 0 Å². The Morgan fingerprint density at radius 2 is 2.28 bits per heavy atom. The molecular weight excluding hydrogens is 244 g/mol. The van der Waals surface area contributed by atoms with Crippen molar-refractivity contribution < 1.29 is 4.79 Å². The van der Waals surface area contributed by atoms with Crippen molar-refractivity contribution in [3.63, 3.8) is 0 Å². The van der Waals surface area contributed by atoms with Crippen LogP contribution in [0.15, 0.2) is 24.4 Å². The highest BCUT2D eigenvalue weighted by Crippen LogP contribution is 2.49. The average Bonchev–Trinajstić information content (AvgIpc) is 3.17. The van der Waals surface area contributed by atoms with Crippen molar-refractivity contribution in [3.05, 3.63) is 30.1 Å². The molecule has 0 aliphatic heterocycles. The lowest BCUT2D eigenvalue weighted by Gasteiger charge is -2.23. The summed E-state index contributed by atoms with van der Waals surface area (Å²) in [5.74, 6) is 1.05. The summed E-state index contributed by atoms with van der Waals surface area (Å²) in [6.45, 7) is 3.36. The number of thiol groups is 1. The zero-order valence-corrected chi connectivity index (χ0v) is 11.7. The van der Waals surface area contributed by atoms with Gasteiger partial charge in [0.2, 0.25) is 5.91 Å². The molecule has 0 N–H and O–H groups in total. The van der Waals surface area contributed by atoms with E-state index in [4.69, 9.17) is 0 Å². The molecule has 1 heterocycles. The van der Waals surface area contributed by atoms with Gasteiger partial charge in [0, 0.05) is 19.2 Å². The zero-order chi connectivity index (χ0) is 13.0. The number of pyridine rings is 1. The molecule has 0 saturated heterocycles. The van der Waals surface area contributed by atoms with Gasteiger partial charge in [-0.2, -0.15) is 12.6 Å². The van der Waals surface area contributed by atoms with Crippen LogP contribution in [0.4, 0.5) is 0 Å². The molecule has 0 unspecified atom stereocenters. The van der Waals surface area contributed by atoms with E-state index in [9.17, 15) is 4.79 Å². The number of rotatable bonds is 6. The molecule has 1 fully saturated rings. The molecule has 1 aliphatic carbocycles. The Morgan fingerprint density at radius 3 is 2.78 bits per heavy atom. The smallest absolute Gasteiger partial charge is 0.223 e. The number of aromatic nitrogens is 1. The molecule has 98 valence electrons. The molecule has 0 atom stereocenters. The summed E-state index contributed by atoms with van der Waals surface area (Å²) in [5.41, 5.74) is 1.14. The molecule has 0 spiro atoms. The first-order valence-corrected chi connectivity index (χ1v) is 7.11. The van der Waals surface area contributed by atoms with Crippen molar-refractivity contribution in [3.8, 4) is 0 Å². The van der Waals surface area contributed by atoms with Crippen molar-refractivity contribution in [2.24, 2.45) is 5.41 Å².